The third kappa shape index (κ3) is 2.13. The summed E-state index contributed by atoms with van der Waals surface area (Å²) in [6, 6.07) is 6.42. The smallest absolute Gasteiger partial charge is 0.231 e. The number of carbonyl (C=O) groups is 1. The summed E-state index contributed by atoms with van der Waals surface area (Å²) in [5.74, 6) is 0.198. The molecule has 96 valence electrons. The lowest BCUT2D eigenvalue weighted by Crippen LogP contribution is -2.42. The number of nitrogens with one attached hydrogen (secondary N) is 1. The molecule has 0 aromatic heterocycles. The number of piperazine rings is 1. The minimum Gasteiger partial charge on any atom is -0.315 e. The summed E-state index contributed by atoms with van der Waals surface area (Å²) in [5, 5.41) is 3.36. The Morgan fingerprint density at radius 2 is 2.06 bits per heavy atom. The fourth-order valence-electron chi connectivity index (χ4n) is 2.75. The SMILES string of the molecule is CN1C(=O)Cc2cc(CN3CCNCC3)ccc21. The standard InChI is InChI=1S/C14H19N3O/c1-16-13-3-2-11(8-12(13)9-14(16)18)10-17-6-4-15-5-7-17/h2-3,8,15H,4-7,9-10H2,1H3. The maximum Gasteiger partial charge on any atom is 0.231 e. The molecule has 0 aliphatic carbocycles. The number of hydrogen-bond acceptors (Lipinski definition) is 3. The summed E-state index contributed by atoms with van der Waals surface area (Å²) in [6.45, 7) is 5.36. The summed E-state index contributed by atoms with van der Waals surface area (Å²) in [4.78, 5) is 15.9. The van der Waals surface area contributed by atoms with E-state index >= 15 is 0 Å². The molecule has 2 aliphatic heterocycles. The van der Waals surface area contributed by atoms with Gasteiger partial charge in [0.2, 0.25) is 5.91 Å². The monoisotopic (exact) mass is 245 g/mol. The van der Waals surface area contributed by atoms with Crippen molar-refractivity contribution in [1.82, 2.24) is 10.2 Å². The first-order chi connectivity index (χ1) is 8.74. The number of nitrogens with zero attached hydrogens (tertiary/aromatic N) is 2. The minimum atomic E-state index is 0.198. The molecular formula is C14H19N3O. The van der Waals surface area contributed by atoms with Gasteiger partial charge in [-0.3, -0.25) is 9.69 Å². The first-order valence-electron chi connectivity index (χ1n) is 6.55. The molecule has 1 N–H and O–H groups in total. The Kier molecular flexibility index (Phi) is 3.06. The predicted molar refractivity (Wildman–Crippen MR) is 71.7 cm³/mol. The number of fused-ring (bicyclic) bond motifs is 1. The van der Waals surface area contributed by atoms with E-state index in [0.29, 0.717) is 6.42 Å². The molecule has 1 aromatic carbocycles. The molecule has 0 unspecified atom stereocenters. The van der Waals surface area contributed by atoms with E-state index in [1.54, 1.807) is 4.90 Å². The zero-order chi connectivity index (χ0) is 12.5. The third-order valence-corrected chi connectivity index (χ3v) is 3.84. The van der Waals surface area contributed by atoms with Crippen LogP contribution in [0.15, 0.2) is 18.2 Å². The van der Waals surface area contributed by atoms with Gasteiger partial charge >= 0.3 is 0 Å². The molecule has 0 bridgehead atoms. The van der Waals surface area contributed by atoms with Crippen molar-refractivity contribution in [3.05, 3.63) is 29.3 Å². The molecule has 1 saturated heterocycles. The Morgan fingerprint density at radius 1 is 1.28 bits per heavy atom. The topological polar surface area (TPSA) is 35.6 Å². The van der Waals surface area contributed by atoms with Crippen LogP contribution in [0.3, 0.4) is 0 Å². The van der Waals surface area contributed by atoms with Gasteiger partial charge in [-0.1, -0.05) is 12.1 Å². The van der Waals surface area contributed by atoms with Crippen molar-refractivity contribution in [2.75, 3.05) is 38.1 Å². The van der Waals surface area contributed by atoms with Gasteiger partial charge in [-0.2, -0.15) is 0 Å². The second-order valence-corrected chi connectivity index (χ2v) is 5.12. The van der Waals surface area contributed by atoms with Crippen LogP contribution in [0, 0.1) is 0 Å². The number of likely N-dealkylation sites (N-methyl/N-ethyl adjacent to an activating group) is 1. The highest BCUT2D eigenvalue weighted by Gasteiger charge is 2.24. The average molecular weight is 245 g/mol. The lowest BCUT2D eigenvalue weighted by Gasteiger charge is -2.27. The van der Waals surface area contributed by atoms with Gasteiger partial charge < -0.3 is 10.2 Å². The molecule has 2 heterocycles. The van der Waals surface area contributed by atoms with Crippen molar-refractivity contribution < 1.29 is 4.79 Å². The fraction of sp³-hybridized carbons (Fsp3) is 0.500. The van der Waals surface area contributed by atoms with Gasteiger partial charge in [0.25, 0.3) is 0 Å². The van der Waals surface area contributed by atoms with Gasteiger partial charge in [-0.25, -0.2) is 0 Å². The van der Waals surface area contributed by atoms with Crippen LogP contribution in [0.1, 0.15) is 11.1 Å². The van der Waals surface area contributed by atoms with Crippen molar-refractivity contribution in [2.45, 2.75) is 13.0 Å². The summed E-state index contributed by atoms with van der Waals surface area (Å²) >= 11 is 0. The summed E-state index contributed by atoms with van der Waals surface area (Å²) in [7, 11) is 1.85. The van der Waals surface area contributed by atoms with Crippen LogP contribution in [0.4, 0.5) is 5.69 Å². The molecule has 2 aliphatic rings. The Morgan fingerprint density at radius 3 is 2.83 bits per heavy atom. The Hall–Kier alpha value is -1.39. The van der Waals surface area contributed by atoms with Gasteiger partial charge in [0.1, 0.15) is 0 Å². The number of amides is 1. The Labute approximate surface area is 108 Å². The molecule has 18 heavy (non-hydrogen) atoms. The van der Waals surface area contributed by atoms with Crippen LogP contribution >= 0.6 is 0 Å². The van der Waals surface area contributed by atoms with Gasteiger partial charge in [0.05, 0.1) is 6.42 Å². The molecule has 1 aromatic rings. The number of anilines is 1. The molecule has 1 fully saturated rings. The molecule has 0 spiro atoms. The van der Waals surface area contributed by atoms with Crippen LogP contribution in [-0.4, -0.2) is 44.0 Å². The fourth-order valence-corrected chi connectivity index (χ4v) is 2.75. The Bertz CT molecular complexity index is 466. The van der Waals surface area contributed by atoms with E-state index in [1.807, 2.05) is 7.05 Å². The van der Waals surface area contributed by atoms with E-state index in [1.165, 1.54) is 11.1 Å². The molecule has 3 rings (SSSR count). The van der Waals surface area contributed by atoms with Crippen molar-refractivity contribution in [3.63, 3.8) is 0 Å². The highest BCUT2D eigenvalue weighted by Crippen LogP contribution is 2.28. The summed E-state index contributed by atoms with van der Waals surface area (Å²) in [5.41, 5.74) is 3.57. The minimum absolute atomic E-state index is 0.198. The zero-order valence-corrected chi connectivity index (χ0v) is 10.8. The number of rotatable bonds is 2. The molecule has 4 heteroatoms. The zero-order valence-electron chi connectivity index (χ0n) is 10.8. The van der Waals surface area contributed by atoms with Gasteiger partial charge in [0, 0.05) is 45.5 Å². The summed E-state index contributed by atoms with van der Waals surface area (Å²) in [6.07, 6.45) is 0.557. The maximum atomic E-state index is 11.6. The Balaban J connectivity index is 1.75. The lowest BCUT2D eigenvalue weighted by atomic mass is 10.1. The molecule has 0 radical (unpaired) electrons. The lowest BCUT2D eigenvalue weighted by molar-refractivity contribution is -0.117. The highest BCUT2D eigenvalue weighted by atomic mass is 16.2. The third-order valence-electron chi connectivity index (χ3n) is 3.84. The predicted octanol–water partition coefficient (Wildman–Crippen LogP) is 0.611. The van der Waals surface area contributed by atoms with Gasteiger partial charge in [-0.05, 0) is 17.2 Å². The van der Waals surface area contributed by atoms with Crippen LogP contribution in [0.25, 0.3) is 0 Å². The van der Waals surface area contributed by atoms with Gasteiger partial charge in [-0.15, -0.1) is 0 Å². The normalized spacial score (nSPS) is 20.3. The maximum absolute atomic E-state index is 11.6. The van der Waals surface area contributed by atoms with E-state index in [4.69, 9.17) is 0 Å². The molecule has 4 nitrogen and oxygen atoms in total. The van der Waals surface area contributed by atoms with Crippen LogP contribution < -0.4 is 10.2 Å². The first-order valence-corrected chi connectivity index (χ1v) is 6.55. The largest absolute Gasteiger partial charge is 0.315 e. The van der Waals surface area contributed by atoms with E-state index in [2.05, 4.69) is 28.4 Å². The van der Waals surface area contributed by atoms with Crippen molar-refractivity contribution >= 4 is 11.6 Å². The number of carbonyl (C=O) groups excluding carboxylic acids is 1. The summed E-state index contributed by atoms with van der Waals surface area (Å²) < 4.78 is 0. The van der Waals surface area contributed by atoms with Crippen molar-refractivity contribution in [1.29, 1.82) is 0 Å². The van der Waals surface area contributed by atoms with E-state index in [-0.39, 0.29) is 5.91 Å². The number of benzene rings is 1. The highest BCUT2D eigenvalue weighted by molar-refractivity contribution is 6.00. The van der Waals surface area contributed by atoms with Crippen LogP contribution in [0.5, 0.6) is 0 Å². The first kappa shape index (κ1) is 11.7. The molecule has 0 atom stereocenters. The average Bonchev–Trinajstić information content (AvgIpc) is 2.66. The van der Waals surface area contributed by atoms with Crippen LogP contribution in [-0.2, 0) is 17.8 Å². The van der Waals surface area contributed by atoms with Crippen LogP contribution in [0.2, 0.25) is 0 Å². The number of hydrogen-bond donors (Lipinski definition) is 1. The second kappa shape index (κ2) is 4.71. The quantitative estimate of drug-likeness (QED) is 0.829. The molecule has 1 amide bonds. The van der Waals surface area contributed by atoms with Crippen molar-refractivity contribution in [2.24, 2.45) is 0 Å². The van der Waals surface area contributed by atoms with Gasteiger partial charge in [0.15, 0.2) is 0 Å². The molecular weight excluding hydrogens is 226 g/mol. The molecule has 0 saturated carbocycles. The van der Waals surface area contributed by atoms with E-state index in [9.17, 15) is 4.79 Å². The van der Waals surface area contributed by atoms with Crippen molar-refractivity contribution in [3.8, 4) is 0 Å². The van der Waals surface area contributed by atoms with E-state index in [0.717, 1.165) is 38.4 Å². The second-order valence-electron chi connectivity index (χ2n) is 5.12. The van der Waals surface area contributed by atoms with E-state index < -0.39 is 0 Å².